The van der Waals surface area contributed by atoms with E-state index in [2.05, 4.69) is 220 Å². The number of para-hydroxylation sites is 6. The SMILES string of the molecule is c1ccc2c(c1)Oc1ccc(-n3c4ccccc4c4ccccc43)cc1C21c2cccnc2-c2ncc(-c3ccc4c(c3)c3ccccc3n4-c3cnccc3-n3c4ccccc4c4ccccc43)cc21. The molecular weight excluding hydrogens is 869 g/mol. The molecule has 1 aliphatic heterocycles. The molecule has 7 nitrogen and oxygen atoms in total. The van der Waals surface area contributed by atoms with Crippen LogP contribution in [0.5, 0.6) is 11.5 Å². The lowest BCUT2D eigenvalue weighted by atomic mass is 9.66. The topological polar surface area (TPSA) is 62.7 Å². The van der Waals surface area contributed by atoms with Crippen molar-refractivity contribution in [2.45, 2.75) is 5.41 Å². The van der Waals surface area contributed by atoms with Crippen molar-refractivity contribution in [3.8, 4) is 51.1 Å². The first-order valence-electron chi connectivity index (χ1n) is 24.1. The van der Waals surface area contributed by atoms with Crippen LogP contribution in [0.25, 0.3) is 105 Å². The molecule has 7 heterocycles. The highest BCUT2D eigenvalue weighted by Crippen LogP contribution is 2.62. The molecule has 1 aliphatic carbocycles. The van der Waals surface area contributed by atoms with Crippen LogP contribution >= 0.6 is 0 Å². The fourth-order valence-corrected chi connectivity index (χ4v) is 12.4. The maximum absolute atomic E-state index is 6.90. The van der Waals surface area contributed by atoms with Gasteiger partial charge in [0.15, 0.2) is 0 Å². The second-order valence-electron chi connectivity index (χ2n) is 18.7. The van der Waals surface area contributed by atoms with Crippen LogP contribution in [-0.4, -0.2) is 28.7 Å². The zero-order valence-electron chi connectivity index (χ0n) is 38.0. The molecule has 16 rings (SSSR count). The molecule has 330 valence electrons. The number of nitrogens with zero attached hydrogens (tertiary/aromatic N) is 6. The molecule has 71 heavy (non-hydrogen) atoms. The first-order valence-corrected chi connectivity index (χ1v) is 24.1. The van der Waals surface area contributed by atoms with Gasteiger partial charge in [0, 0.05) is 78.8 Å². The summed E-state index contributed by atoms with van der Waals surface area (Å²) in [7, 11) is 0. The van der Waals surface area contributed by atoms with E-state index in [0.29, 0.717) is 0 Å². The summed E-state index contributed by atoms with van der Waals surface area (Å²) in [6.45, 7) is 0. The van der Waals surface area contributed by atoms with Gasteiger partial charge in [-0.15, -0.1) is 0 Å². The van der Waals surface area contributed by atoms with Gasteiger partial charge in [-0.2, -0.15) is 0 Å². The van der Waals surface area contributed by atoms with Gasteiger partial charge in [0.05, 0.1) is 67.5 Å². The molecule has 1 atom stereocenters. The van der Waals surface area contributed by atoms with E-state index in [1.165, 1.54) is 21.5 Å². The van der Waals surface area contributed by atoms with E-state index in [4.69, 9.17) is 19.7 Å². The maximum atomic E-state index is 6.90. The minimum absolute atomic E-state index is 0.787. The zero-order chi connectivity index (χ0) is 46.4. The number of ether oxygens (including phenoxy) is 1. The Kier molecular flexibility index (Phi) is 7.69. The second-order valence-corrected chi connectivity index (χ2v) is 18.7. The largest absolute Gasteiger partial charge is 0.457 e. The molecule has 0 amide bonds. The van der Waals surface area contributed by atoms with E-state index in [1.54, 1.807) is 0 Å². The highest BCUT2D eigenvalue weighted by Gasteiger charge is 2.52. The van der Waals surface area contributed by atoms with E-state index in [0.717, 1.165) is 117 Å². The van der Waals surface area contributed by atoms with Crippen molar-refractivity contribution in [2.24, 2.45) is 0 Å². The van der Waals surface area contributed by atoms with E-state index < -0.39 is 5.41 Å². The Morgan fingerprint density at radius 1 is 0.338 bits per heavy atom. The van der Waals surface area contributed by atoms with Crippen LogP contribution in [0, 0.1) is 0 Å². The Morgan fingerprint density at radius 2 is 0.887 bits per heavy atom. The van der Waals surface area contributed by atoms with Gasteiger partial charge in [0.2, 0.25) is 0 Å². The minimum Gasteiger partial charge on any atom is -0.457 e. The van der Waals surface area contributed by atoms with Crippen molar-refractivity contribution in [3.63, 3.8) is 0 Å². The summed E-state index contributed by atoms with van der Waals surface area (Å²) in [5, 5.41) is 7.18. The predicted octanol–water partition coefficient (Wildman–Crippen LogP) is 15.3. The van der Waals surface area contributed by atoms with Crippen molar-refractivity contribution in [3.05, 3.63) is 253 Å². The van der Waals surface area contributed by atoms with Gasteiger partial charge < -0.3 is 18.4 Å². The molecule has 1 unspecified atom stereocenters. The number of rotatable bonds is 4. The van der Waals surface area contributed by atoms with Crippen LogP contribution in [0.4, 0.5) is 0 Å². The standard InChI is InChI=1S/C64H38N6O/c1-7-21-52-42(14-1)43-15-2-8-22-53(43)68(52)41-28-30-61-50(36-41)64(48-19-6-12-26-60(48)71-61)49-20-13-32-66-62(49)63-51(64)35-40(37-67-63)39-27-29-57-47(34-39)46-18-5-11-25-56(46)70(57)59-38-65-33-31-58(59)69-54-23-9-3-16-44(54)45-17-4-10-24-55(45)69/h1-38H. The maximum Gasteiger partial charge on any atom is 0.132 e. The molecule has 7 heteroatoms. The Balaban J connectivity index is 0.915. The number of aromatic nitrogens is 6. The molecule has 0 N–H and O–H groups in total. The third-order valence-corrected chi connectivity index (χ3v) is 15.3. The van der Waals surface area contributed by atoms with E-state index in [-0.39, 0.29) is 0 Å². The number of fused-ring (bicyclic) bond motifs is 18. The Hall–Kier alpha value is -9.59. The molecule has 14 aromatic rings. The normalized spacial score (nSPS) is 14.6. The van der Waals surface area contributed by atoms with Gasteiger partial charge in [-0.3, -0.25) is 15.0 Å². The lowest BCUT2D eigenvalue weighted by molar-refractivity contribution is 0.436. The van der Waals surface area contributed by atoms with Crippen molar-refractivity contribution in [1.82, 2.24) is 28.7 Å². The smallest absolute Gasteiger partial charge is 0.132 e. The molecule has 2 aliphatic rings. The average molecular weight is 907 g/mol. The summed E-state index contributed by atoms with van der Waals surface area (Å²) >= 11 is 0. The second kappa shape index (κ2) is 14.2. The molecule has 0 saturated carbocycles. The van der Waals surface area contributed by atoms with Gasteiger partial charge in [0.1, 0.15) is 11.5 Å². The Labute approximate surface area is 406 Å². The third kappa shape index (κ3) is 5.08. The Morgan fingerprint density at radius 3 is 1.58 bits per heavy atom. The molecule has 0 saturated heterocycles. The van der Waals surface area contributed by atoms with Crippen molar-refractivity contribution in [1.29, 1.82) is 0 Å². The number of hydrogen-bond acceptors (Lipinski definition) is 4. The summed E-state index contributed by atoms with van der Waals surface area (Å²) in [5.41, 5.74) is 17.3. The fraction of sp³-hybridized carbons (Fsp3) is 0.0156. The molecule has 0 fully saturated rings. The predicted molar refractivity (Wildman–Crippen MR) is 286 cm³/mol. The first kappa shape index (κ1) is 38.4. The molecule has 0 bridgehead atoms. The monoisotopic (exact) mass is 906 g/mol. The van der Waals surface area contributed by atoms with Crippen LogP contribution < -0.4 is 4.74 Å². The molecule has 0 radical (unpaired) electrons. The van der Waals surface area contributed by atoms with Crippen LogP contribution in [0.2, 0.25) is 0 Å². The summed E-state index contributed by atoms with van der Waals surface area (Å²) in [6.07, 6.45) is 7.82. The number of pyridine rings is 3. The average Bonchev–Trinajstić information content (AvgIpc) is 4.15. The van der Waals surface area contributed by atoms with Gasteiger partial charge in [-0.05, 0) is 96.1 Å². The summed E-state index contributed by atoms with van der Waals surface area (Å²) in [5.74, 6) is 1.63. The van der Waals surface area contributed by atoms with Crippen molar-refractivity contribution in [2.75, 3.05) is 0 Å². The quantitative estimate of drug-likeness (QED) is 0.176. The number of hydrogen-bond donors (Lipinski definition) is 0. The van der Waals surface area contributed by atoms with Crippen LogP contribution in [0.15, 0.2) is 231 Å². The fourth-order valence-electron chi connectivity index (χ4n) is 12.4. The molecule has 6 aromatic heterocycles. The van der Waals surface area contributed by atoms with Gasteiger partial charge in [-0.1, -0.05) is 121 Å². The van der Waals surface area contributed by atoms with E-state index in [1.807, 2.05) is 24.8 Å². The van der Waals surface area contributed by atoms with Crippen LogP contribution in [-0.2, 0) is 5.41 Å². The Bertz CT molecular complexity index is 4490. The van der Waals surface area contributed by atoms with Gasteiger partial charge in [-0.25, -0.2) is 0 Å². The highest BCUT2D eigenvalue weighted by molar-refractivity contribution is 6.13. The molecule has 1 spiro atoms. The van der Waals surface area contributed by atoms with Crippen LogP contribution in [0.3, 0.4) is 0 Å². The first-order chi connectivity index (χ1) is 35.2. The lowest BCUT2D eigenvalue weighted by Crippen LogP contribution is -2.32. The molecular formula is C64H38N6O. The van der Waals surface area contributed by atoms with E-state index in [9.17, 15) is 0 Å². The van der Waals surface area contributed by atoms with E-state index >= 15 is 0 Å². The summed E-state index contributed by atoms with van der Waals surface area (Å²) in [4.78, 5) is 15.2. The number of benzene rings is 8. The molecule has 8 aromatic carbocycles. The van der Waals surface area contributed by atoms with Crippen molar-refractivity contribution >= 4 is 65.4 Å². The van der Waals surface area contributed by atoms with Gasteiger partial charge in [0.25, 0.3) is 0 Å². The minimum atomic E-state index is -0.787. The third-order valence-electron chi connectivity index (χ3n) is 15.3. The highest BCUT2D eigenvalue weighted by atomic mass is 16.5. The van der Waals surface area contributed by atoms with Crippen molar-refractivity contribution < 1.29 is 4.74 Å². The zero-order valence-corrected chi connectivity index (χ0v) is 38.0. The lowest BCUT2D eigenvalue weighted by Gasteiger charge is -2.39. The van der Waals surface area contributed by atoms with Crippen LogP contribution in [0.1, 0.15) is 22.3 Å². The van der Waals surface area contributed by atoms with Gasteiger partial charge >= 0.3 is 0 Å². The summed E-state index contributed by atoms with van der Waals surface area (Å²) < 4.78 is 14.0. The summed E-state index contributed by atoms with van der Waals surface area (Å²) in [6, 6.07) is 74.2.